The molecule has 2 aromatic rings. The highest BCUT2D eigenvalue weighted by Crippen LogP contribution is 2.19. The molecule has 2 rings (SSSR count). The van der Waals surface area contributed by atoms with E-state index in [1.54, 1.807) is 24.4 Å². The molecule has 0 aliphatic rings. The zero-order valence-corrected chi connectivity index (χ0v) is 15.1. The number of carbonyl (C=O) groups is 1. The van der Waals surface area contributed by atoms with Gasteiger partial charge in [0.2, 0.25) is 0 Å². The molecular weight excluding hydrogens is 321 g/mol. The number of benzene rings is 1. The molecule has 1 aromatic heterocycles. The topological polar surface area (TPSA) is 63.1 Å². The van der Waals surface area contributed by atoms with Gasteiger partial charge in [0.15, 0.2) is 5.69 Å². The predicted octanol–water partition coefficient (Wildman–Crippen LogP) is 2.49. The van der Waals surface area contributed by atoms with E-state index in [1.807, 2.05) is 6.92 Å². The van der Waals surface area contributed by atoms with E-state index in [0.29, 0.717) is 12.1 Å². The summed E-state index contributed by atoms with van der Waals surface area (Å²) >= 11 is 0. The summed E-state index contributed by atoms with van der Waals surface area (Å²) < 4.78 is 15.4. The number of halogens is 1. The highest BCUT2D eigenvalue weighted by atomic mass is 19.1. The van der Waals surface area contributed by atoms with Crippen molar-refractivity contribution in [2.45, 2.75) is 33.2 Å². The maximum absolute atomic E-state index is 13.9. The standard InChI is InChI=1S/C18H26FN5O/c1-4-23(5-2)12-8-11-20-18(25)17-13-24(22-21-17)14(3)15-9-6-7-10-16(15)19/h6-7,9-10,13-14H,4-5,8,11-12H2,1-3H3,(H,20,25). The lowest BCUT2D eigenvalue weighted by Gasteiger charge is -2.17. The Kier molecular flexibility index (Phi) is 7.06. The number of amides is 1. The van der Waals surface area contributed by atoms with Crippen molar-refractivity contribution in [3.05, 3.63) is 47.5 Å². The van der Waals surface area contributed by atoms with Crippen molar-refractivity contribution in [1.82, 2.24) is 25.2 Å². The first-order valence-corrected chi connectivity index (χ1v) is 8.73. The fourth-order valence-corrected chi connectivity index (χ4v) is 2.66. The van der Waals surface area contributed by atoms with Crippen LogP contribution in [0.25, 0.3) is 0 Å². The molecule has 6 nitrogen and oxygen atoms in total. The summed E-state index contributed by atoms with van der Waals surface area (Å²) in [5, 5.41) is 10.7. The van der Waals surface area contributed by atoms with Gasteiger partial charge in [0.05, 0.1) is 12.2 Å². The predicted molar refractivity (Wildman–Crippen MR) is 95.0 cm³/mol. The maximum atomic E-state index is 13.9. The lowest BCUT2D eigenvalue weighted by molar-refractivity contribution is 0.0946. The minimum absolute atomic E-state index is 0.242. The van der Waals surface area contributed by atoms with E-state index >= 15 is 0 Å². The molecule has 0 bridgehead atoms. The number of nitrogens with one attached hydrogen (secondary N) is 1. The molecule has 1 N–H and O–H groups in total. The van der Waals surface area contributed by atoms with Crippen LogP contribution >= 0.6 is 0 Å². The van der Waals surface area contributed by atoms with Crippen LogP contribution in [-0.4, -0.2) is 52.0 Å². The summed E-state index contributed by atoms with van der Waals surface area (Å²) in [6.07, 6.45) is 2.43. The van der Waals surface area contributed by atoms with Crippen LogP contribution in [0.15, 0.2) is 30.5 Å². The molecule has 0 saturated heterocycles. The molecule has 1 unspecified atom stereocenters. The van der Waals surface area contributed by atoms with Crippen LogP contribution in [0.5, 0.6) is 0 Å². The smallest absolute Gasteiger partial charge is 0.273 e. The molecule has 0 fully saturated rings. The zero-order valence-electron chi connectivity index (χ0n) is 15.1. The number of rotatable bonds is 9. The van der Waals surface area contributed by atoms with Gasteiger partial charge in [-0.05, 0) is 39.0 Å². The summed E-state index contributed by atoms with van der Waals surface area (Å²) in [6.45, 7) is 9.61. The van der Waals surface area contributed by atoms with Crippen LogP contribution in [0.2, 0.25) is 0 Å². The summed E-state index contributed by atoms with van der Waals surface area (Å²) in [7, 11) is 0. The van der Waals surface area contributed by atoms with Crippen molar-refractivity contribution in [3.8, 4) is 0 Å². The molecule has 7 heteroatoms. The summed E-state index contributed by atoms with van der Waals surface area (Å²) in [5.74, 6) is -0.556. The number of aromatic nitrogens is 3. The van der Waals surface area contributed by atoms with Gasteiger partial charge in [-0.25, -0.2) is 9.07 Å². The van der Waals surface area contributed by atoms with E-state index in [0.717, 1.165) is 26.1 Å². The molecular formula is C18H26FN5O. The molecule has 25 heavy (non-hydrogen) atoms. The summed E-state index contributed by atoms with van der Waals surface area (Å²) in [6, 6.07) is 6.19. The van der Waals surface area contributed by atoms with Crippen LogP contribution in [0.1, 0.15) is 49.3 Å². The molecule has 0 radical (unpaired) electrons. The lowest BCUT2D eigenvalue weighted by atomic mass is 10.1. The average molecular weight is 347 g/mol. The molecule has 0 spiro atoms. The zero-order chi connectivity index (χ0) is 18.2. The van der Waals surface area contributed by atoms with Crippen molar-refractivity contribution in [2.24, 2.45) is 0 Å². The van der Waals surface area contributed by atoms with Crippen LogP contribution in [0.3, 0.4) is 0 Å². The highest BCUT2D eigenvalue weighted by molar-refractivity contribution is 5.91. The number of hydrogen-bond donors (Lipinski definition) is 1. The van der Waals surface area contributed by atoms with Gasteiger partial charge in [0.1, 0.15) is 5.82 Å². The van der Waals surface area contributed by atoms with Crippen molar-refractivity contribution < 1.29 is 9.18 Å². The first-order chi connectivity index (χ1) is 12.1. The molecule has 1 amide bonds. The molecule has 0 saturated carbocycles. The van der Waals surface area contributed by atoms with Gasteiger partial charge in [-0.3, -0.25) is 4.79 Å². The number of hydrogen-bond acceptors (Lipinski definition) is 4. The van der Waals surface area contributed by atoms with Gasteiger partial charge in [0.25, 0.3) is 5.91 Å². The Morgan fingerprint density at radius 3 is 2.72 bits per heavy atom. The minimum Gasteiger partial charge on any atom is -0.351 e. The fraction of sp³-hybridized carbons (Fsp3) is 0.500. The molecule has 136 valence electrons. The summed E-state index contributed by atoms with van der Waals surface area (Å²) in [4.78, 5) is 14.5. The van der Waals surface area contributed by atoms with E-state index in [-0.39, 0.29) is 23.5 Å². The first-order valence-electron chi connectivity index (χ1n) is 8.73. The van der Waals surface area contributed by atoms with Crippen LogP contribution < -0.4 is 5.32 Å². The summed E-state index contributed by atoms with van der Waals surface area (Å²) in [5.41, 5.74) is 0.754. The quantitative estimate of drug-likeness (QED) is 0.708. The molecule has 1 atom stereocenters. The molecule has 1 heterocycles. The molecule has 1 aromatic carbocycles. The largest absolute Gasteiger partial charge is 0.351 e. The number of nitrogens with zero attached hydrogens (tertiary/aromatic N) is 4. The third kappa shape index (κ3) is 5.09. The van der Waals surface area contributed by atoms with Gasteiger partial charge in [-0.15, -0.1) is 5.10 Å². The third-order valence-electron chi connectivity index (χ3n) is 4.33. The van der Waals surface area contributed by atoms with Crippen molar-refractivity contribution in [3.63, 3.8) is 0 Å². The number of carbonyl (C=O) groups excluding carboxylic acids is 1. The SMILES string of the molecule is CCN(CC)CCCNC(=O)c1cn(C(C)c2ccccc2F)nn1. The van der Waals surface area contributed by atoms with Crippen molar-refractivity contribution >= 4 is 5.91 Å². The second-order valence-corrected chi connectivity index (χ2v) is 5.92. The van der Waals surface area contributed by atoms with Gasteiger partial charge in [-0.2, -0.15) is 0 Å². The van der Waals surface area contributed by atoms with E-state index < -0.39 is 0 Å². The van der Waals surface area contributed by atoms with E-state index in [4.69, 9.17) is 0 Å². The van der Waals surface area contributed by atoms with Gasteiger partial charge < -0.3 is 10.2 Å². The monoisotopic (exact) mass is 347 g/mol. The minimum atomic E-state index is -0.335. The fourth-order valence-electron chi connectivity index (χ4n) is 2.66. The maximum Gasteiger partial charge on any atom is 0.273 e. The Morgan fingerprint density at radius 1 is 1.32 bits per heavy atom. The third-order valence-corrected chi connectivity index (χ3v) is 4.33. The van der Waals surface area contributed by atoms with Crippen molar-refractivity contribution in [2.75, 3.05) is 26.2 Å². The lowest BCUT2D eigenvalue weighted by Crippen LogP contribution is -2.30. The van der Waals surface area contributed by atoms with E-state index in [9.17, 15) is 9.18 Å². The Hall–Kier alpha value is -2.28. The van der Waals surface area contributed by atoms with Gasteiger partial charge in [0, 0.05) is 12.1 Å². The Morgan fingerprint density at radius 2 is 2.04 bits per heavy atom. The van der Waals surface area contributed by atoms with Crippen LogP contribution in [0, 0.1) is 5.82 Å². The average Bonchev–Trinajstić information content (AvgIpc) is 3.12. The van der Waals surface area contributed by atoms with Crippen molar-refractivity contribution in [1.29, 1.82) is 0 Å². The van der Waals surface area contributed by atoms with E-state index in [1.165, 1.54) is 10.7 Å². The van der Waals surface area contributed by atoms with Crippen LogP contribution in [-0.2, 0) is 0 Å². The Bertz CT molecular complexity index is 684. The Labute approximate surface area is 148 Å². The molecule has 0 aliphatic carbocycles. The van der Waals surface area contributed by atoms with Crippen LogP contribution in [0.4, 0.5) is 4.39 Å². The Balaban J connectivity index is 1.90. The molecule has 0 aliphatic heterocycles. The second kappa shape index (κ2) is 9.27. The second-order valence-electron chi connectivity index (χ2n) is 5.92. The highest BCUT2D eigenvalue weighted by Gasteiger charge is 2.16. The van der Waals surface area contributed by atoms with Gasteiger partial charge >= 0.3 is 0 Å². The van der Waals surface area contributed by atoms with Gasteiger partial charge in [-0.1, -0.05) is 37.3 Å². The first kappa shape index (κ1) is 19.1. The van der Waals surface area contributed by atoms with E-state index in [2.05, 4.69) is 34.4 Å². The normalized spacial score (nSPS) is 12.4.